The van der Waals surface area contributed by atoms with Crippen molar-refractivity contribution in [2.45, 2.75) is 70.5 Å². The first kappa shape index (κ1) is 29.3. The largest absolute Gasteiger partial charge is 0.519 e. The molecule has 1 N–H and O–H groups in total. The fourth-order valence-electron chi connectivity index (χ4n) is 5.80. The lowest BCUT2D eigenvalue weighted by molar-refractivity contribution is -0.148. The molecular formula is C33H35N3O8. The van der Waals surface area contributed by atoms with E-state index in [0.29, 0.717) is 35.7 Å². The van der Waals surface area contributed by atoms with Gasteiger partial charge in [0.1, 0.15) is 17.5 Å². The highest BCUT2D eigenvalue weighted by Gasteiger charge is 2.53. The molecule has 11 nitrogen and oxygen atoms in total. The number of nitrogens with one attached hydrogen (secondary N) is 1. The average molecular weight is 602 g/mol. The SMILES string of the molecule is Cc1noc(C2CCN(c3ccc(C4(C(=O)OCc5oc(=O)oc5C)CC4)cc3)CC2)c1NC(=O)O[C@H](C)c1ccccc1. The Morgan fingerprint density at radius 3 is 2.39 bits per heavy atom. The molecular weight excluding hydrogens is 566 g/mol. The molecule has 2 aliphatic rings. The number of hydrogen-bond acceptors (Lipinski definition) is 10. The highest BCUT2D eigenvalue weighted by molar-refractivity contribution is 5.87. The van der Waals surface area contributed by atoms with E-state index in [-0.39, 0.29) is 24.3 Å². The molecule has 0 unspecified atom stereocenters. The molecule has 1 aliphatic carbocycles. The topological polar surface area (TPSA) is 137 Å². The maximum atomic E-state index is 13.0. The van der Waals surface area contributed by atoms with Crippen LogP contribution in [0.5, 0.6) is 0 Å². The van der Waals surface area contributed by atoms with Gasteiger partial charge in [-0.15, -0.1) is 0 Å². The van der Waals surface area contributed by atoms with Crippen molar-refractivity contribution >= 4 is 23.4 Å². The molecule has 2 aromatic carbocycles. The summed E-state index contributed by atoms with van der Waals surface area (Å²) >= 11 is 0. The number of anilines is 2. The van der Waals surface area contributed by atoms with Crippen LogP contribution in [0.2, 0.25) is 0 Å². The molecule has 1 amide bonds. The van der Waals surface area contributed by atoms with Crippen molar-refractivity contribution in [2.24, 2.45) is 0 Å². The van der Waals surface area contributed by atoms with Crippen LogP contribution in [0, 0.1) is 13.8 Å². The summed E-state index contributed by atoms with van der Waals surface area (Å²) in [5.41, 5.74) is 3.40. The van der Waals surface area contributed by atoms with Crippen LogP contribution < -0.4 is 16.0 Å². The molecule has 0 spiro atoms. The molecule has 0 radical (unpaired) electrons. The lowest BCUT2D eigenvalue weighted by Gasteiger charge is -2.33. The summed E-state index contributed by atoms with van der Waals surface area (Å²) in [6.07, 6.45) is 2.10. The van der Waals surface area contributed by atoms with E-state index in [2.05, 4.69) is 15.4 Å². The first-order valence-corrected chi connectivity index (χ1v) is 14.8. The van der Waals surface area contributed by atoms with Gasteiger partial charge < -0.3 is 27.7 Å². The minimum absolute atomic E-state index is 0.0985. The zero-order chi connectivity index (χ0) is 30.8. The molecule has 0 bridgehead atoms. The van der Waals surface area contributed by atoms with Crippen molar-refractivity contribution in [3.63, 3.8) is 0 Å². The van der Waals surface area contributed by atoms with E-state index in [9.17, 15) is 14.4 Å². The molecule has 6 rings (SSSR count). The van der Waals surface area contributed by atoms with Gasteiger partial charge in [0.2, 0.25) is 0 Å². The number of amides is 1. The second-order valence-electron chi connectivity index (χ2n) is 11.5. The van der Waals surface area contributed by atoms with Crippen LogP contribution in [0.15, 0.2) is 72.7 Å². The third kappa shape index (κ3) is 5.99. The van der Waals surface area contributed by atoms with Crippen molar-refractivity contribution < 1.29 is 32.4 Å². The lowest BCUT2D eigenvalue weighted by atomic mass is 9.92. The number of carbonyl (C=O) groups is 2. The van der Waals surface area contributed by atoms with Gasteiger partial charge in [0.05, 0.1) is 5.41 Å². The minimum Gasteiger partial charge on any atom is -0.457 e. The Bertz CT molecular complexity index is 1680. The summed E-state index contributed by atoms with van der Waals surface area (Å²) in [5.74, 6) is 0.152. The number of piperidine rings is 1. The molecule has 3 heterocycles. The van der Waals surface area contributed by atoms with E-state index < -0.39 is 23.4 Å². The smallest absolute Gasteiger partial charge is 0.457 e. The maximum absolute atomic E-state index is 13.0. The summed E-state index contributed by atoms with van der Waals surface area (Å²) in [6.45, 7) is 6.68. The van der Waals surface area contributed by atoms with Crippen LogP contribution >= 0.6 is 0 Å². The Kier molecular flexibility index (Phi) is 8.03. The van der Waals surface area contributed by atoms with E-state index in [4.69, 9.17) is 22.8 Å². The summed E-state index contributed by atoms with van der Waals surface area (Å²) < 4.78 is 26.6. The fraction of sp³-hybridized carbons (Fsp3) is 0.394. The van der Waals surface area contributed by atoms with E-state index in [0.717, 1.165) is 42.7 Å². The van der Waals surface area contributed by atoms with E-state index >= 15 is 0 Å². The van der Waals surface area contributed by atoms with Crippen LogP contribution in [0.25, 0.3) is 0 Å². The lowest BCUT2D eigenvalue weighted by Crippen LogP contribution is -2.33. The quantitative estimate of drug-likeness (QED) is 0.217. The third-order valence-electron chi connectivity index (χ3n) is 8.63. The normalized spacial score (nSPS) is 16.8. The van der Waals surface area contributed by atoms with Gasteiger partial charge >= 0.3 is 17.9 Å². The molecule has 2 fully saturated rings. The number of nitrogens with zero attached hydrogens (tertiary/aromatic N) is 2. The zero-order valence-electron chi connectivity index (χ0n) is 25.0. The van der Waals surface area contributed by atoms with Crippen LogP contribution in [0.3, 0.4) is 0 Å². The fourth-order valence-corrected chi connectivity index (χ4v) is 5.80. The molecule has 1 aliphatic heterocycles. The van der Waals surface area contributed by atoms with Gasteiger partial charge in [0.15, 0.2) is 23.9 Å². The number of hydrogen-bond donors (Lipinski definition) is 1. The number of carbonyl (C=O) groups excluding carboxylic acids is 2. The third-order valence-corrected chi connectivity index (χ3v) is 8.63. The second-order valence-corrected chi connectivity index (χ2v) is 11.5. The Labute approximate surface area is 254 Å². The van der Waals surface area contributed by atoms with Crippen LogP contribution in [0.4, 0.5) is 16.2 Å². The number of aromatic nitrogens is 1. The standard InChI is InChI=1S/C33H35N3O8/c1-20-28(34-31(38)41-21(2)23-7-5-4-6-8-23)29(44-35-20)24-13-17-36(18-14-24)26-11-9-25(10-12-26)33(15-16-33)30(37)40-19-27-22(3)42-32(39)43-27/h4-12,21,24H,13-19H2,1-3H3,(H,34,38)/t21-/m1/s1. The van der Waals surface area contributed by atoms with Gasteiger partial charge in [0.25, 0.3) is 0 Å². The van der Waals surface area contributed by atoms with Gasteiger partial charge in [-0.25, -0.2) is 9.59 Å². The van der Waals surface area contributed by atoms with Gasteiger partial charge in [-0.2, -0.15) is 0 Å². The number of benzene rings is 2. The van der Waals surface area contributed by atoms with Crippen molar-refractivity contribution in [3.8, 4) is 0 Å². The van der Waals surface area contributed by atoms with Crippen molar-refractivity contribution in [1.29, 1.82) is 0 Å². The first-order chi connectivity index (χ1) is 21.2. The summed E-state index contributed by atoms with van der Waals surface area (Å²) in [6, 6.07) is 17.6. The van der Waals surface area contributed by atoms with Crippen molar-refractivity contribution in [3.05, 3.63) is 99.3 Å². The number of ether oxygens (including phenoxy) is 2. The van der Waals surface area contributed by atoms with Crippen LogP contribution in [0.1, 0.15) is 78.7 Å². The molecule has 2 aromatic heterocycles. The zero-order valence-corrected chi connectivity index (χ0v) is 25.0. The summed E-state index contributed by atoms with van der Waals surface area (Å²) in [7, 11) is 0. The van der Waals surface area contributed by atoms with E-state index in [1.807, 2.05) is 61.5 Å². The van der Waals surface area contributed by atoms with E-state index in [1.54, 1.807) is 13.8 Å². The first-order valence-electron chi connectivity index (χ1n) is 14.8. The Hall–Kier alpha value is -4.80. The van der Waals surface area contributed by atoms with Gasteiger partial charge in [-0.3, -0.25) is 10.1 Å². The molecule has 4 aromatic rings. The molecule has 1 saturated carbocycles. The van der Waals surface area contributed by atoms with E-state index in [1.165, 1.54) is 0 Å². The second kappa shape index (κ2) is 12.1. The molecule has 230 valence electrons. The number of esters is 1. The molecule has 1 saturated heterocycles. The molecule has 44 heavy (non-hydrogen) atoms. The minimum atomic E-state index is -0.809. The van der Waals surface area contributed by atoms with Crippen LogP contribution in [-0.2, 0) is 26.3 Å². The Morgan fingerprint density at radius 2 is 1.75 bits per heavy atom. The number of aryl methyl sites for hydroxylation is 2. The van der Waals surface area contributed by atoms with Crippen molar-refractivity contribution in [1.82, 2.24) is 5.16 Å². The highest BCUT2D eigenvalue weighted by atomic mass is 16.6. The maximum Gasteiger partial charge on any atom is 0.519 e. The average Bonchev–Trinajstić information content (AvgIpc) is 3.68. The van der Waals surface area contributed by atoms with Crippen molar-refractivity contribution in [2.75, 3.05) is 23.3 Å². The highest BCUT2D eigenvalue weighted by Crippen LogP contribution is 2.49. The van der Waals surface area contributed by atoms with Gasteiger partial charge in [-0.1, -0.05) is 47.6 Å². The summed E-state index contributed by atoms with van der Waals surface area (Å²) in [4.78, 5) is 39.2. The van der Waals surface area contributed by atoms with Gasteiger partial charge in [-0.05, 0) is 69.7 Å². The van der Waals surface area contributed by atoms with Gasteiger partial charge in [0, 0.05) is 24.7 Å². The molecule has 1 atom stereocenters. The molecule has 11 heteroatoms. The monoisotopic (exact) mass is 601 g/mol. The summed E-state index contributed by atoms with van der Waals surface area (Å²) in [5, 5.41) is 6.99. The number of rotatable bonds is 9. The predicted molar refractivity (Wildman–Crippen MR) is 160 cm³/mol. The Morgan fingerprint density at radius 1 is 1.05 bits per heavy atom. The predicted octanol–water partition coefficient (Wildman–Crippen LogP) is 6.31. The Balaban J connectivity index is 1.04. The van der Waals surface area contributed by atoms with Crippen LogP contribution in [-0.4, -0.2) is 30.3 Å².